The van der Waals surface area contributed by atoms with Gasteiger partial charge in [0.2, 0.25) is 12.7 Å². The van der Waals surface area contributed by atoms with E-state index in [4.69, 9.17) is 14.2 Å². The SMILES string of the molecule is CCOCCc1cc2cc(NC(=O)C3(c4ccc5c(c4)OCO5)CC3)ccc2[nH]1. The second-order valence-electron chi connectivity index (χ2n) is 7.65. The third-order valence-corrected chi connectivity index (χ3v) is 5.76. The smallest absolute Gasteiger partial charge is 0.235 e. The molecule has 0 radical (unpaired) electrons. The van der Waals surface area contributed by atoms with Crippen LogP contribution < -0.4 is 14.8 Å². The van der Waals surface area contributed by atoms with Crippen molar-refractivity contribution in [3.8, 4) is 11.5 Å². The molecule has 29 heavy (non-hydrogen) atoms. The minimum atomic E-state index is -0.475. The highest BCUT2D eigenvalue weighted by Gasteiger charge is 2.51. The second-order valence-corrected chi connectivity index (χ2v) is 7.65. The van der Waals surface area contributed by atoms with E-state index < -0.39 is 5.41 Å². The van der Waals surface area contributed by atoms with Gasteiger partial charge in [-0.2, -0.15) is 0 Å². The minimum absolute atomic E-state index is 0.0304. The van der Waals surface area contributed by atoms with Gasteiger partial charge in [-0.1, -0.05) is 6.07 Å². The fraction of sp³-hybridized carbons (Fsp3) is 0.348. The Balaban J connectivity index is 1.33. The van der Waals surface area contributed by atoms with Crippen molar-refractivity contribution in [2.24, 2.45) is 0 Å². The lowest BCUT2D eigenvalue weighted by molar-refractivity contribution is -0.118. The van der Waals surface area contributed by atoms with Crippen molar-refractivity contribution in [3.05, 3.63) is 53.7 Å². The van der Waals surface area contributed by atoms with E-state index in [2.05, 4.69) is 16.4 Å². The number of fused-ring (bicyclic) bond motifs is 2. The lowest BCUT2D eigenvalue weighted by atomic mass is 9.94. The van der Waals surface area contributed by atoms with Crippen molar-refractivity contribution < 1.29 is 19.0 Å². The molecule has 0 bridgehead atoms. The Bertz CT molecular complexity index is 1070. The van der Waals surface area contributed by atoms with Gasteiger partial charge >= 0.3 is 0 Å². The normalized spacial score (nSPS) is 16.2. The zero-order valence-corrected chi connectivity index (χ0v) is 16.4. The molecule has 1 aliphatic heterocycles. The van der Waals surface area contributed by atoms with Crippen LogP contribution in [0.5, 0.6) is 11.5 Å². The third kappa shape index (κ3) is 3.34. The van der Waals surface area contributed by atoms with Crippen LogP contribution >= 0.6 is 0 Å². The summed E-state index contributed by atoms with van der Waals surface area (Å²) < 4.78 is 16.3. The Morgan fingerprint density at radius 3 is 2.83 bits per heavy atom. The molecule has 1 aromatic heterocycles. The van der Waals surface area contributed by atoms with Gasteiger partial charge in [0, 0.05) is 35.3 Å². The minimum Gasteiger partial charge on any atom is -0.454 e. The first-order valence-electron chi connectivity index (χ1n) is 10.1. The molecule has 2 heterocycles. The summed E-state index contributed by atoms with van der Waals surface area (Å²) >= 11 is 0. The molecule has 0 unspecified atom stereocenters. The number of hydrogen-bond donors (Lipinski definition) is 2. The quantitative estimate of drug-likeness (QED) is 0.593. The first kappa shape index (κ1) is 18.1. The average molecular weight is 392 g/mol. The van der Waals surface area contributed by atoms with Gasteiger partial charge in [0.05, 0.1) is 12.0 Å². The zero-order chi connectivity index (χ0) is 19.8. The first-order valence-corrected chi connectivity index (χ1v) is 10.1. The van der Waals surface area contributed by atoms with Crippen LogP contribution in [0.15, 0.2) is 42.5 Å². The number of carbonyl (C=O) groups excluding carboxylic acids is 1. The van der Waals surface area contributed by atoms with Crippen LogP contribution in [0.4, 0.5) is 5.69 Å². The summed E-state index contributed by atoms with van der Waals surface area (Å²) in [5, 5.41) is 4.20. The van der Waals surface area contributed by atoms with E-state index in [1.54, 1.807) is 0 Å². The van der Waals surface area contributed by atoms with E-state index in [9.17, 15) is 4.79 Å². The molecule has 0 saturated heterocycles. The molecular formula is C23H24N2O4. The van der Waals surface area contributed by atoms with Crippen LogP contribution in [0.1, 0.15) is 31.0 Å². The van der Waals surface area contributed by atoms with Crippen molar-refractivity contribution in [2.45, 2.75) is 31.6 Å². The molecule has 0 atom stereocenters. The summed E-state index contributed by atoms with van der Waals surface area (Å²) in [6, 6.07) is 13.9. The number of H-pyrrole nitrogens is 1. The largest absolute Gasteiger partial charge is 0.454 e. The van der Waals surface area contributed by atoms with Gasteiger partial charge in [-0.25, -0.2) is 0 Å². The zero-order valence-electron chi connectivity index (χ0n) is 16.4. The maximum Gasteiger partial charge on any atom is 0.235 e. The molecule has 1 amide bonds. The van der Waals surface area contributed by atoms with Gasteiger partial charge in [0.15, 0.2) is 11.5 Å². The number of amides is 1. The van der Waals surface area contributed by atoms with Crippen LogP contribution in [0.25, 0.3) is 10.9 Å². The number of benzene rings is 2. The Morgan fingerprint density at radius 2 is 2.00 bits per heavy atom. The molecule has 1 saturated carbocycles. The van der Waals surface area contributed by atoms with Crippen molar-refractivity contribution in [1.82, 2.24) is 4.98 Å². The number of nitrogens with one attached hydrogen (secondary N) is 2. The number of ether oxygens (including phenoxy) is 3. The molecule has 6 nitrogen and oxygen atoms in total. The number of aromatic amines is 1. The van der Waals surface area contributed by atoms with Gasteiger partial charge in [-0.05, 0) is 61.7 Å². The lowest BCUT2D eigenvalue weighted by Gasteiger charge is -2.16. The number of aromatic nitrogens is 1. The summed E-state index contributed by atoms with van der Waals surface area (Å²) in [6.07, 6.45) is 2.52. The van der Waals surface area contributed by atoms with E-state index in [-0.39, 0.29) is 12.7 Å². The summed E-state index contributed by atoms with van der Waals surface area (Å²) in [4.78, 5) is 16.5. The summed E-state index contributed by atoms with van der Waals surface area (Å²) in [7, 11) is 0. The van der Waals surface area contributed by atoms with E-state index in [0.29, 0.717) is 6.61 Å². The topological polar surface area (TPSA) is 72.6 Å². The molecule has 3 aromatic rings. The Morgan fingerprint density at radius 1 is 1.14 bits per heavy atom. The predicted molar refractivity (Wildman–Crippen MR) is 111 cm³/mol. The van der Waals surface area contributed by atoms with Crippen molar-refractivity contribution in [1.29, 1.82) is 0 Å². The highest BCUT2D eigenvalue weighted by Crippen LogP contribution is 2.51. The summed E-state index contributed by atoms with van der Waals surface area (Å²) in [5.41, 5.74) is 3.52. The molecule has 150 valence electrons. The second kappa shape index (κ2) is 7.12. The Hall–Kier alpha value is -2.99. The average Bonchev–Trinajstić information content (AvgIpc) is 3.23. The molecule has 2 N–H and O–H groups in total. The highest BCUT2D eigenvalue weighted by molar-refractivity contribution is 6.02. The molecular weight excluding hydrogens is 368 g/mol. The highest BCUT2D eigenvalue weighted by atomic mass is 16.7. The lowest BCUT2D eigenvalue weighted by Crippen LogP contribution is -2.27. The number of anilines is 1. The molecule has 2 aromatic carbocycles. The van der Waals surface area contributed by atoms with Gasteiger partial charge in [0.1, 0.15) is 0 Å². The molecule has 1 aliphatic carbocycles. The van der Waals surface area contributed by atoms with Crippen LogP contribution in [0.3, 0.4) is 0 Å². The molecule has 6 heteroatoms. The number of hydrogen-bond acceptors (Lipinski definition) is 4. The standard InChI is InChI=1S/C23H24N2O4/c1-2-27-10-7-18-12-15-11-17(4-5-19(15)24-18)25-22(26)23(8-9-23)16-3-6-20-21(13-16)29-14-28-20/h3-6,11-13,24H,2,7-10,14H2,1H3,(H,25,26). The van der Waals surface area contributed by atoms with Crippen LogP contribution in [0, 0.1) is 0 Å². The predicted octanol–water partition coefficient (Wildman–Crippen LogP) is 4.15. The molecule has 0 spiro atoms. The van der Waals surface area contributed by atoms with E-state index in [1.165, 1.54) is 0 Å². The van der Waals surface area contributed by atoms with Crippen molar-refractivity contribution in [3.63, 3.8) is 0 Å². The summed E-state index contributed by atoms with van der Waals surface area (Å²) in [6.45, 7) is 3.66. The van der Waals surface area contributed by atoms with Crippen LogP contribution in [0.2, 0.25) is 0 Å². The third-order valence-electron chi connectivity index (χ3n) is 5.76. The summed E-state index contributed by atoms with van der Waals surface area (Å²) in [5.74, 6) is 1.49. The molecule has 5 rings (SSSR count). The monoisotopic (exact) mass is 392 g/mol. The van der Waals surface area contributed by atoms with Crippen molar-refractivity contribution in [2.75, 3.05) is 25.3 Å². The fourth-order valence-electron chi connectivity index (χ4n) is 3.95. The number of rotatable bonds is 7. The molecule has 1 fully saturated rings. The van der Waals surface area contributed by atoms with Gasteiger partial charge in [0.25, 0.3) is 0 Å². The van der Waals surface area contributed by atoms with Gasteiger partial charge in [-0.3, -0.25) is 4.79 Å². The first-order chi connectivity index (χ1) is 14.2. The van der Waals surface area contributed by atoms with E-state index in [0.717, 1.165) is 65.2 Å². The Labute approximate surface area is 169 Å². The fourth-order valence-corrected chi connectivity index (χ4v) is 3.95. The van der Waals surface area contributed by atoms with E-state index >= 15 is 0 Å². The maximum atomic E-state index is 13.1. The van der Waals surface area contributed by atoms with Gasteiger partial charge in [-0.15, -0.1) is 0 Å². The van der Waals surface area contributed by atoms with Crippen molar-refractivity contribution >= 4 is 22.5 Å². The van der Waals surface area contributed by atoms with E-state index in [1.807, 2.05) is 43.3 Å². The molecule has 2 aliphatic rings. The maximum absolute atomic E-state index is 13.1. The van der Waals surface area contributed by atoms with Gasteiger partial charge < -0.3 is 24.5 Å². The Kier molecular flexibility index (Phi) is 4.43. The number of carbonyl (C=O) groups is 1. The van der Waals surface area contributed by atoms with Crippen LogP contribution in [-0.2, 0) is 21.4 Å². The van der Waals surface area contributed by atoms with Crippen LogP contribution in [-0.4, -0.2) is 30.9 Å².